The molecule has 0 saturated carbocycles. The number of benzene rings is 2. The second-order valence-corrected chi connectivity index (χ2v) is 4.99. The van der Waals surface area contributed by atoms with E-state index in [1.54, 1.807) is 12.1 Å². The lowest BCUT2D eigenvalue weighted by Gasteiger charge is -2.18. The summed E-state index contributed by atoms with van der Waals surface area (Å²) < 4.78 is 0. The summed E-state index contributed by atoms with van der Waals surface area (Å²) in [6.45, 7) is 6.36. The first-order valence-electron chi connectivity index (χ1n) is 7.28. The zero-order chi connectivity index (χ0) is 14.7. The summed E-state index contributed by atoms with van der Waals surface area (Å²) in [5.41, 5.74) is 5.73. The highest BCUT2D eigenvalue weighted by atomic mass is 16.3. The van der Waals surface area contributed by atoms with E-state index in [0.717, 1.165) is 36.0 Å². The van der Waals surface area contributed by atoms with Crippen molar-refractivity contribution in [1.82, 2.24) is 0 Å². The van der Waals surface area contributed by atoms with Gasteiger partial charge in [0.15, 0.2) is 0 Å². The average molecular weight is 270 g/mol. The fraction of sp³-hybridized carbons (Fsp3) is 0.333. The molecule has 2 aromatic carbocycles. The second-order valence-electron chi connectivity index (χ2n) is 4.99. The topological polar surface area (TPSA) is 40.5 Å². The first-order chi connectivity index (χ1) is 9.62. The maximum atomic E-state index is 10.3. The molecular formula is C18H22O2. The van der Waals surface area contributed by atoms with Crippen molar-refractivity contribution in [3.63, 3.8) is 0 Å². The van der Waals surface area contributed by atoms with E-state index in [0.29, 0.717) is 5.75 Å². The number of phenolic OH excluding ortho intramolecular Hbond substituents is 2. The number of hydrogen-bond donors (Lipinski definition) is 2. The molecule has 2 N–H and O–H groups in total. The number of aromatic hydroxyl groups is 2. The highest BCUT2D eigenvalue weighted by molar-refractivity contribution is 5.72. The van der Waals surface area contributed by atoms with Crippen LogP contribution >= 0.6 is 0 Å². The molecule has 2 aromatic rings. The van der Waals surface area contributed by atoms with E-state index >= 15 is 0 Å². The van der Waals surface area contributed by atoms with Crippen LogP contribution in [-0.2, 0) is 19.3 Å². The van der Waals surface area contributed by atoms with Crippen LogP contribution in [0.5, 0.6) is 11.5 Å². The van der Waals surface area contributed by atoms with Crippen molar-refractivity contribution in [3.05, 3.63) is 47.0 Å². The molecule has 2 rings (SSSR count). The van der Waals surface area contributed by atoms with Gasteiger partial charge in [-0.1, -0.05) is 32.9 Å². The van der Waals surface area contributed by atoms with E-state index in [2.05, 4.69) is 20.8 Å². The van der Waals surface area contributed by atoms with Gasteiger partial charge in [-0.25, -0.2) is 0 Å². The Labute approximate surface area is 120 Å². The molecule has 20 heavy (non-hydrogen) atoms. The molecule has 0 amide bonds. The molecule has 0 spiro atoms. The molecule has 0 radical (unpaired) electrons. The van der Waals surface area contributed by atoms with Gasteiger partial charge in [0, 0.05) is 0 Å². The minimum Gasteiger partial charge on any atom is -0.508 e. The van der Waals surface area contributed by atoms with Crippen LogP contribution in [-0.4, -0.2) is 10.2 Å². The van der Waals surface area contributed by atoms with E-state index < -0.39 is 0 Å². The lowest BCUT2D eigenvalue weighted by molar-refractivity contribution is 0.467. The van der Waals surface area contributed by atoms with Crippen LogP contribution in [0.1, 0.15) is 37.5 Å². The summed E-state index contributed by atoms with van der Waals surface area (Å²) in [6, 6.07) is 9.03. The summed E-state index contributed by atoms with van der Waals surface area (Å²) in [5.74, 6) is 0.640. The molecule has 0 atom stereocenters. The Hall–Kier alpha value is -1.96. The zero-order valence-electron chi connectivity index (χ0n) is 12.4. The molecule has 0 aliphatic rings. The lowest BCUT2D eigenvalue weighted by Crippen LogP contribution is -2.01. The Morgan fingerprint density at radius 1 is 0.750 bits per heavy atom. The van der Waals surface area contributed by atoms with E-state index in [1.165, 1.54) is 11.1 Å². The van der Waals surface area contributed by atoms with Crippen LogP contribution in [0.25, 0.3) is 11.1 Å². The third-order valence-corrected chi connectivity index (χ3v) is 3.88. The van der Waals surface area contributed by atoms with E-state index in [1.807, 2.05) is 18.2 Å². The van der Waals surface area contributed by atoms with Crippen LogP contribution in [0.3, 0.4) is 0 Å². The molecule has 2 heteroatoms. The van der Waals surface area contributed by atoms with Gasteiger partial charge >= 0.3 is 0 Å². The average Bonchev–Trinajstić information content (AvgIpc) is 2.46. The summed E-state index contributed by atoms with van der Waals surface area (Å²) in [7, 11) is 0. The Bertz CT molecular complexity index is 598. The standard InChI is InChI=1S/C18H22O2/c1-4-14-15(5-2)17(11-18(20)16(14)6-3)12-7-9-13(19)10-8-12/h7-11,19-20H,4-6H2,1-3H3. The minimum absolute atomic E-state index is 0.261. The van der Waals surface area contributed by atoms with Gasteiger partial charge in [0.25, 0.3) is 0 Å². The van der Waals surface area contributed by atoms with Gasteiger partial charge in [0.1, 0.15) is 11.5 Å². The molecule has 0 aliphatic heterocycles. The molecule has 0 aromatic heterocycles. The lowest BCUT2D eigenvalue weighted by atomic mass is 9.88. The summed E-state index contributed by atoms with van der Waals surface area (Å²) >= 11 is 0. The maximum Gasteiger partial charge on any atom is 0.119 e. The maximum absolute atomic E-state index is 10.3. The highest BCUT2D eigenvalue weighted by Crippen LogP contribution is 2.36. The Balaban J connectivity index is 2.69. The van der Waals surface area contributed by atoms with Gasteiger partial charge in [-0.15, -0.1) is 0 Å². The van der Waals surface area contributed by atoms with Gasteiger partial charge in [0.05, 0.1) is 0 Å². The fourth-order valence-electron chi connectivity index (χ4n) is 2.93. The molecule has 0 saturated heterocycles. The third kappa shape index (κ3) is 2.51. The SMILES string of the molecule is CCc1c(O)cc(-c2ccc(O)cc2)c(CC)c1CC. The first kappa shape index (κ1) is 14.4. The van der Waals surface area contributed by atoms with Gasteiger partial charge in [-0.3, -0.25) is 0 Å². The molecule has 106 valence electrons. The van der Waals surface area contributed by atoms with Crippen molar-refractivity contribution in [1.29, 1.82) is 0 Å². The van der Waals surface area contributed by atoms with Crippen molar-refractivity contribution in [3.8, 4) is 22.6 Å². The van der Waals surface area contributed by atoms with Crippen molar-refractivity contribution >= 4 is 0 Å². The number of phenols is 2. The van der Waals surface area contributed by atoms with E-state index in [4.69, 9.17) is 0 Å². The third-order valence-electron chi connectivity index (χ3n) is 3.88. The van der Waals surface area contributed by atoms with Crippen molar-refractivity contribution in [2.45, 2.75) is 40.0 Å². The fourth-order valence-corrected chi connectivity index (χ4v) is 2.93. The molecular weight excluding hydrogens is 248 g/mol. The second kappa shape index (κ2) is 6.00. The Kier molecular flexibility index (Phi) is 4.33. The van der Waals surface area contributed by atoms with Gasteiger partial charge < -0.3 is 10.2 Å². The van der Waals surface area contributed by atoms with Crippen LogP contribution in [0.4, 0.5) is 0 Å². The van der Waals surface area contributed by atoms with Crippen LogP contribution in [0, 0.1) is 0 Å². The molecule has 0 heterocycles. The predicted octanol–water partition coefficient (Wildman–Crippen LogP) is 4.45. The number of rotatable bonds is 4. The van der Waals surface area contributed by atoms with Crippen LogP contribution in [0.2, 0.25) is 0 Å². The molecule has 0 fully saturated rings. The monoisotopic (exact) mass is 270 g/mol. The van der Waals surface area contributed by atoms with Gasteiger partial charge in [-0.2, -0.15) is 0 Å². The predicted molar refractivity (Wildman–Crippen MR) is 83.3 cm³/mol. The van der Waals surface area contributed by atoms with Crippen LogP contribution < -0.4 is 0 Å². The van der Waals surface area contributed by atoms with Crippen LogP contribution in [0.15, 0.2) is 30.3 Å². The Morgan fingerprint density at radius 3 is 1.80 bits per heavy atom. The quantitative estimate of drug-likeness (QED) is 0.861. The van der Waals surface area contributed by atoms with Crippen molar-refractivity contribution in [2.75, 3.05) is 0 Å². The summed E-state index contributed by atoms with van der Waals surface area (Å²) in [4.78, 5) is 0. The van der Waals surface area contributed by atoms with Crippen molar-refractivity contribution in [2.24, 2.45) is 0 Å². The zero-order valence-corrected chi connectivity index (χ0v) is 12.4. The minimum atomic E-state index is 0.261. The Morgan fingerprint density at radius 2 is 1.30 bits per heavy atom. The van der Waals surface area contributed by atoms with Crippen molar-refractivity contribution < 1.29 is 10.2 Å². The normalized spacial score (nSPS) is 10.8. The molecule has 2 nitrogen and oxygen atoms in total. The highest BCUT2D eigenvalue weighted by Gasteiger charge is 2.15. The summed E-state index contributed by atoms with van der Waals surface area (Å²) in [6.07, 6.45) is 2.70. The molecule has 0 bridgehead atoms. The first-order valence-corrected chi connectivity index (χ1v) is 7.28. The van der Waals surface area contributed by atoms with Gasteiger partial charge in [0.2, 0.25) is 0 Å². The summed E-state index contributed by atoms with van der Waals surface area (Å²) in [5, 5.41) is 19.7. The largest absolute Gasteiger partial charge is 0.508 e. The van der Waals surface area contributed by atoms with E-state index in [-0.39, 0.29) is 5.75 Å². The van der Waals surface area contributed by atoms with Gasteiger partial charge in [-0.05, 0) is 65.3 Å². The van der Waals surface area contributed by atoms with E-state index in [9.17, 15) is 10.2 Å². The molecule has 0 unspecified atom stereocenters. The smallest absolute Gasteiger partial charge is 0.119 e. The number of hydrogen-bond acceptors (Lipinski definition) is 2. The molecule has 0 aliphatic carbocycles.